The second-order valence-electron chi connectivity index (χ2n) is 4.74. The van der Waals surface area contributed by atoms with Gasteiger partial charge in [0, 0.05) is 12.3 Å². The molecule has 1 aliphatic rings. The molecule has 6 heteroatoms. The zero-order chi connectivity index (χ0) is 14.5. The Morgan fingerprint density at radius 3 is 2.85 bits per heavy atom. The normalized spacial score (nSPS) is 18.6. The van der Waals surface area contributed by atoms with Crippen LogP contribution in [-0.2, 0) is 9.53 Å². The van der Waals surface area contributed by atoms with E-state index in [0.717, 1.165) is 31.4 Å². The Bertz CT molecular complexity index is 512. The number of rotatable bonds is 4. The molecule has 1 unspecified atom stereocenters. The van der Waals surface area contributed by atoms with Crippen molar-refractivity contribution in [3.05, 3.63) is 29.6 Å². The molecule has 1 heterocycles. The van der Waals surface area contributed by atoms with Crippen LogP contribution in [0.2, 0.25) is 0 Å². The molecule has 20 heavy (non-hydrogen) atoms. The average Bonchev–Trinajstić information content (AvgIpc) is 2.41. The fourth-order valence-corrected chi connectivity index (χ4v) is 2.15. The molecule has 1 aromatic rings. The summed E-state index contributed by atoms with van der Waals surface area (Å²) in [6.07, 6.45) is 3.02. The van der Waals surface area contributed by atoms with Crippen molar-refractivity contribution >= 4 is 17.6 Å². The van der Waals surface area contributed by atoms with Gasteiger partial charge < -0.3 is 15.2 Å². The topological polar surface area (TPSA) is 75.6 Å². The molecular weight excluding hydrogens is 265 g/mol. The van der Waals surface area contributed by atoms with Crippen molar-refractivity contribution in [3.8, 4) is 0 Å². The molecular formula is C14H16FNO4. The summed E-state index contributed by atoms with van der Waals surface area (Å²) in [7, 11) is 0. The molecule has 1 atom stereocenters. The summed E-state index contributed by atoms with van der Waals surface area (Å²) < 4.78 is 18.7. The lowest BCUT2D eigenvalue weighted by atomic mass is 10.1. The van der Waals surface area contributed by atoms with E-state index in [1.54, 1.807) is 0 Å². The largest absolute Gasteiger partial charge is 0.478 e. The molecule has 1 aromatic carbocycles. The fraction of sp³-hybridized carbons (Fsp3) is 0.429. The Hall–Kier alpha value is -1.95. The third-order valence-corrected chi connectivity index (χ3v) is 3.17. The predicted octanol–water partition coefficient (Wildman–Crippen LogP) is 2.42. The molecule has 0 aliphatic carbocycles. The maximum atomic E-state index is 13.2. The maximum Gasteiger partial charge on any atom is 0.338 e. The lowest BCUT2D eigenvalue weighted by Crippen LogP contribution is -2.25. The molecule has 1 fully saturated rings. The fourth-order valence-electron chi connectivity index (χ4n) is 2.15. The van der Waals surface area contributed by atoms with Crippen LogP contribution in [0.5, 0.6) is 0 Å². The van der Waals surface area contributed by atoms with Crippen molar-refractivity contribution in [2.24, 2.45) is 0 Å². The van der Waals surface area contributed by atoms with E-state index in [2.05, 4.69) is 5.32 Å². The number of carboxylic acids is 1. The molecule has 1 saturated heterocycles. The molecule has 0 saturated carbocycles. The molecule has 0 spiro atoms. The highest BCUT2D eigenvalue weighted by atomic mass is 19.1. The van der Waals surface area contributed by atoms with Crippen LogP contribution in [0.1, 0.15) is 36.0 Å². The first-order chi connectivity index (χ1) is 9.56. The number of carboxylic acid groups (broad SMARTS) is 1. The van der Waals surface area contributed by atoms with E-state index in [-0.39, 0.29) is 24.1 Å². The summed E-state index contributed by atoms with van der Waals surface area (Å²) >= 11 is 0. The molecule has 2 rings (SSSR count). The van der Waals surface area contributed by atoms with Crippen LogP contribution in [0.25, 0.3) is 0 Å². The SMILES string of the molecule is O=C(CC1CCCCO1)Nc1ccc(F)c(C(=O)O)c1. The van der Waals surface area contributed by atoms with Crippen LogP contribution < -0.4 is 5.32 Å². The van der Waals surface area contributed by atoms with E-state index in [4.69, 9.17) is 9.84 Å². The van der Waals surface area contributed by atoms with Gasteiger partial charge >= 0.3 is 5.97 Å². The summed E-state index contributed by atoms with van der Waals surface area (Å²) in [6, 6.07) is 3.47. The van der Waals surface area contributed by atoms with Crippen molar-refractivity contribution in [2.45, 2.75) is 31.8 Å². The standard InChI is InChI=1S/C14H16FNO4/c15-12-5-4-9(7-11(12)14(18)19)16-13(17)8-10-3-1-2-6-20-10/h4-5,7,10H,1-3,6,8H2,(H,16,17)(H,18,19). The van der Waals surface area contributed by atoms with Crippen LogP contribution >= 0.6 is 0 Å². The Balaban J connectivity index is 1.96. The van der Waals surface area contributed by atoms with Crippen molar-refractivity contribution in [3.63, 3.8) is 0 Å². The van der Waals surface area contributed by atoms with Gasteiger partial charge in [-0.25, -0.2) is 9.18 Å². The monoisotopic (exact) mass is 281 g/mol. The molecule has 1 aliphatic heterocycles. The maximum absolute atomic E-state index is 13.2. The number of carbonyl (C=O) groups excluding carboxylic acids is 1. The van der Waals surface area contributed by atoms with Crippen LogP contribution in [0.4, 0.5) is 10.1 Å². The lowest BCUT2D eigenvalue weighted by molar-refractivity contribution is -0.119. The number of benzene rings is 1. The summed E-state index contributed by atoms with van der Waals surface area (Å²) in [6.45, 7) is 0.664. The van der Waals surface area contributed by atoms with Crippen LogP contribution in [0.3, 0.4) is 0 Å². The highest BCUT2D eigenvalue weighted by Crippen LogP contribution is 2.18. The number of amides is 1. The third kappa shape index (κ3) is 3.77. The second kappa shape index (κ2) is 6.47. The quantitative estimate of drug-likeness (QED) is 0.888. The number of carbonyl (C=O) groups is 2. The first kappa shape index (κ1) is 14.5. The molecule has 108 valence electrons. The van der Waals surface area contributed by atoms with Crippen LogP contribution in [0.15, 0.2) is 18.2 Å². The zero-order valence-electron chi connectivity index (χ0n) is 10.9. The molecule has 0 radical (unpaired) electrons. The minimum Gasteiger partial charge on any atom is -0.478 e. The van der Waals surface area contributed by atoms with Gasteiger partial charge in [-0.05, 0) is 37.5 Å². The Morgan fingerprint density at radius 1 is 1.40 bits per heavy atom. The van der Waals surface area contributed by atoms with E-state index in [9.17, 15) is 14.0 Å². The number of nitrogens with one attached hydrogen (secondary N) is 1. The zero-order valence-corrected chi connectivity index (χ0v) is 10.9. The Morgan fingerprint density at radius 2 is 2.20 bits per heavy atom. The summed E-state index contributed by atoms with van der Waals surface area (Å²) in [4.78, 5) is 22.6. The van der Waals surface area contributed by atoms with E-state index in [0.29, 0.717) is 6.61 Å². The molecule has 1 amide bonds. The highest BCUT2D eigenvalue weighted by Gasteiger charge is 2.18. The second-order valence-corrected chi connectivity index (χ2v) is 4.74. The molecule has 0 aromatic heterocycles. The van der Waals surface area contributed by atoms with E-state index in [1.165, 1.54) is 6.07 Å². The number of anilines is 1. The number of aromatic carboxylic acids is 1. The van der Waals surface area contributed by atoms with Gasteiger partial charge in [0.1, 0.15) is 5.82 Å². The molecule has 2 N–H and O–H groups in total. The molecule has 0 bridgehead atoms. The summed E-state index contributed by atoms with van der Waals surface area (Å²) in [5, 5.41) is 11.4. The average molecular weight is 281 g/mol. The Labute approximate surface area is 115 Å². The molecule has 5 nitrogen and oxygen atoms in total. The van der Waals surface area contributed by atoms with Gasteiger partial charge in [0.25, 0.3) is 0 Å². The van der Waals surface area contributed by atoms with E-state index in [1.807, 2.05) is 0 Å². The van der Waals surface area contributed by atoms with Crippen LogP contribution in [-0.4, -0.2) is 29.7 Å². The van der Waals surface area contributed by atoms with Crippen molar-refractivity contribution in [1.82, 2.24) is 0 Å². The number of hydrogen-bond acceptors (Lipinski definition) is 3. The number of halogens is 1. The van der Waals surface area contributed by atoms with Gasteiger partial charge in [-0.3, -0.25) is 4.79 Å². The minimum absolute atomic E-state index is 0.0943. The summed E-state index contributed by atoms with van der Waals surface area (Å²) in [5.74, 6) is -2.46. The highest BCUT2D eigenvalue weighted by molar-refractivity contribution is 5.94. The predicted molar refractivity (Wildman–Crippen MR) is 70.2 cm³/mol. The van der Waals surface area contributed by atoms with Gasteiger partial charge in [-0.1, -0.05) is 0 Å². The van der Waals surface area contributed by atoms with Gasteiger partial charge in [0.2, 0.25) is 5.91 Å². The van der Waals surface area contributed by atoms with Gasteiger partial charge in [-0.2, -0.15) is 0 Å². The number of hydrogen-bond donors (Lipinski definition) is 2. The first-order valence-electron chi connectivity index (χ1n) is 6.50. The van der Waals surface area contributed by atoms with Crippen LogP contribution in [0, 0.1) is 5.82 Å². The van der Waals surface area contributed by atoms with Gasteiger partial charge in [-0.15, -0.1) is 0 Å². The Kier molecular flexibility index (Phi) is 4.68. The smallest absolute Gasteiger partial charge is 0.338 e. The third-order valence-electron chi connectivity index (χ3n) is 3.17. The van der Waals surface area contributed by atoms with E-state index >= 15 is 0 Å². The van der Waals surface area contributed by atoms with E-state index < -0.39 is 17.3 Å². The summed E-state index contributed by atoms with van der Waals surface area (Å²) in [5.41, 5.74) is -0.193. The minimum atomic E-state index is -1.37. The van der Waals surface area contributed by atoms with Crippen molar-refractivity contribution in [2.75, 3.05) is 11.9 Å². The van der Waals surface area contributed by atoms with Gasteiger partial charge in [0.05, 0.1) is 18.1 Å². The van der Waals surface area contributed by atoms with Crippen molar-refractivity contribution < 1.29 is 23.8 Å². The number of ether oxygens (including phenoxy) is 1. The van der Waals surface area contributed by atoms with Gasteiger partial charge in [0.15, 0.2) is 0 Å². The first-order valence-corrected chi connectivity index (χ1v) is 6.50. The van der Waals surface area contributed by atoms with Crippen molar-refractivity contribution in [1.29, 1.82) is 0 Å². The lowest BCUT2D eigenvalue weighted by Gasteiger charge is -2.21.